The van der Waals surface area contributed by atoms with Crippen LogP contribution in [0.5, 0.6) is 0 Å². The predicted molar refractivity (Wildman–Crippen MR) is 81.3 cm³/mol. The van der Waals surface area contributed by atoms with E-state index in [1.807, 2.05) is 0 Å². The van der Waals surface area contributed by atoms with Crippen LogP contribution in [0.1, 0.15) is 51.9 Å². The van der Waals surface area contributed by atoms with Gasteiger partial charge >= 0.3 is 0 Å². The summed E-state index contributed by atoms with van der Waals surface area (Å²) in [5, 5.41) is 3.76. The van der Waals surface area contributed by atoms with Crippen molar-refractivity contribution < 1.29 is 4.74 Å². The molecular formula is C17H29NO. The van der Waals surface area contributed by atoms with Gasteiger partial charge in [-0.05, 0) is 19.3 Å². The average molecular weight is 263 g/mol. The van der Waals surface area contributed by atoms with Crippen LogP contribution in [0.2, 0.25) is 0 Å². The molecule has 0 heterocycles. The minimum atomic E-state index is 0.102. The highest BCUT2D eigenvalue weighted by molar-refractivity contribution is 5.25. The molecule has 0 spiro atoms. The number of hydrogen-bond acceptors (Lipinski definition) is 2. The smallest absolute Gasteiger partial charge is 0.0604 e. The average Bonchev–Trinajstić information content (AvgIpc) is 2.92. The fourth-order valence-corrected chi connectivity index (χ4v) is 2.96. The Morgan fingerprint density at radius 1 is 1.16 bits per heavy atom. The maximum Gasteiger partial charge on any atom is 0.0604 e. The Labute approximate surface area is 118 Å². The monoisotopic (exact) mass is 263 g/mol. The normalized spacial score (nSPS) is 22.2. The molecule has 0 atom stereocenters. The van der Waals surface area contributed by atoms with Gasteiger partial charge < -0.3 is 10.1 Å². The Morgan fingerprint density at radius 2 is 1.89 bits per heavy atom. The highest BCUT2D eigenvalue weighted by Crippen LogP contribution is 2.27. The second-order valence-corrected chi connectivity index (χ2v) is 6.07. The second kappa shape index (κ2) is 7.86. The molecule has 0 aromatic carbocycles. The van der Waals surface area contributed by atoms with Crippen LogP contribution in [-0.2, 0) is 4.74 Å². The van der Waals surface area contributed by atoms with E-state index in [1.165, 1.54) is 44.9 Å². The van der Waals surface area contributed by atoms with E-state index in [-0.39, 0.29) is 5.41 Å². The van der Waals surface area contributed by atoms with E-state index in [4.69, 9.17) is 4.74 Å². The summed E-state index contributed by atoms with van der Waals surface area (Å²) in [6, 6.07) is 0.726. The molecule has 2 aliphatic rings. The van der Waals surface area contributed by atoms with Gasteiger partial charge in [-0.2, -0.15) is 0 Å². The number of nitrogens with one attached hydrogen (secondary N) is 1. The van der Waals surface area contributed by atoms with E-state index in [2.05, 4.69) is 36.5 Å². The number of hydrogen-bond donors (Lipinski definition) is 1. The van der Waals surface area contributed by atoms with Gasteiger partial charge in [0.15, 0.2) is 0 Å². The van der Waals surface area contributed by atoms with Crippen LogP contribution in [0.25, 0.3) is 0 Å². The predicted octanol–water partition coefficient (Wildman–Crippen LogP) is 3.84. The highest BCUT2D eigenvalue weighted by atomic mass is 16.5. The molecule has 0 amide bonds. The number of ether oxygens (including phenoxy) is 1. The molecule has 1 N–H and O–H groups in total. The highest BCUT2D eigenvalue weighted by Gasteiger charge is 2.27. The number of rotatable bonds is 8. The molecule has 1 saturated carbocycles. The molecule has 0 aromatic rings. The van der Waals surface area contributed by atoms with Crippen molar-refractivity contribution in [1.29, 1.82) is 0 Å². The Bertz CT molecular complexity index is 290. The quantitative estimate of drug-likeness (QED) is 0.672. The van der Waals surface area contributed by atoms with Crippen molar-refractivity contribution in [3.63, 3.8) is 0 Å². The summed E-state index contributed by atoms with van der Waals surface area (Å²) in [4.78, 5) is 0. The Kier molecular flexibility index (Phi) is 6.12. The molecule has 2 heteroatoms. The molecule has 0 bridgehead atoms. The molecule has 2 rings (SSSR count). The van der Waals surface area contributed by atoms with Crippen molar-refractivity contribution >= 4 is 0 Å². The van der Waals surface area contributed by atoms with Crippen molar-refractivity contribution in [2.45, 2.75) is 57.9 Å². The molecule has 0 saturated heterocycles. The zero-order chi connectivity index (χ0) is 13.4. The van der Waals surface area contributed by atoms with Crippen LogP contribution in [0.4, 0.5) is 0 Å². The van der Waals surface area contributed by atoms with Crippen LogP contribution in [0.3, 0.4) is 0 Å². The van der Waals surface area contributed by atoms with E-state index in [0.717, 1.165) is 25.8 Å². The fourth-order valence-electron chi connectivity index (χ4n) is 2.96. The molecule has 2 nitrogen and oxygen atoms in total. The molecule has 19 heavy (non-hydrogen) atoms. The van der Waals surface area contributed by atoms with Crippen LogP contribution in [-0.4, -0.2) is 25.8 Å². The maximum absolute atomic E-state index is 5.86. The van der Waals surface area contributed by atoms with Crippen molar-refractivity contribution in [2.75, 3.05) is 19.8 Å². The molecule has 108 valence electrons. The van der Waals surface area contributed by atoms with E-state index in [0.29, 0.717) is 0 Å². The topological polar surface area (TPSA) is 21.3 Å². The first-order valence-electron chi connectivity index (χ1n) is 8.03. The minimum Gasteiger partial charge on any atom is -0.380 e. The lowest BCUT2D eigenvalue weighted by atomic mass is 9.89. The summed E-state index contributed by atoms with van der Waals surface area (Å²) in [7, 11) is 0. The van der Waals surface area contributed by atoms with Crippen LogP contribution in [0, 0.1) is 5.41 Å². The van der Waals surface area contributed by atoms with Gasteiger partial charge in [-0.25, -0.2) is 0 Å². The van der Waals surface area contributed by atoms with E-state index in [9.17, 15) is 0 Å². The Balaban J connectivity index is 1.75. The molecule has 0 unspecified atom stereocenters. The van der Waals surface area contributed by atoms with Gasteiger partial charge in [-0.15, -0.1) is 0 Å². The molecule has 0 aliphatic heterocycles. The van der Waals surface area contributed by atoms with Crippen molar-refractivity contribution in [2.24, 2.45) is 5.41 Å². The summed E-state index contributed by atoms with van der Waals surface area (Å²) in [5.41, 5.74) is 0.102. The van der Waals surface area contributed by atoms with E-state index in [1.54, 1.807) is 0 Å². The Hall–Kier alpha value is -0.600. The lowest BCUT2D eigenvalue weighted by Crippen LogP contribution is -2.40. The standard InChI is InChI=1S/C17H29NO/c1-2-3-13-19-15-17(11-7-8-12-17)14-18-16-9-5-4-6-10-16/h7-8,11-12,16,18H,2-6,9-10,13-15H2,1H3. The van der Waals surface area contributed by atoms with E-state index < -0.39 is 0 Å². The first-order chi connectivity index (χ1) is 9.35. The maximum atomic E-state index is 5.86. The van der Waals surface area contributed by atoms with Gasteiger partial charge in [-0.1, -0.05) is 56.9 Å². The second-order valence-electron chi connectivity index (χ2n) is 6.07. The zero-order valence-corrected chi connectivity index (χ0v) is 12.4. The zero-order valence-electron chi connectivity index (χ0n) is 12.4. The summed E-state index contributed by atoms with van der Waals surface area (Å²) < 4.78 is 5.86. The fraction of sp³-hybridized carbons (Fsp3) is 0.765. The van der Waals surface area contributed by atoms with Gasteiger partial charge in [0.1, 0.15) is 0 Å². The molecule has 1 fully saturated rings. The first kappa shape index (κ1) is 14.8. The largest absolute Gasteiger partial charge is 0.380 e. The number of unbranched alkanes of at least 4 members (excludes halogenated alkanes) is 1. The van der Waals surface area contributed by atoms with Gasteiger partial charge in [0.05, 0.1) is 6.61 Å². The van der Waals surface area contributed by atoms with Crippen molar-refractivity contribution in [1.82, 2.24) is 5.32 Å². The third-order valence-corrected chi connectivity index (χ3v) is 4.31. The van der Waals surface area contributed by atoms with Crippen LogP contribution < -0.4 is 5.32 Å². The summed E-state index contributed by atoms with van der Waals surface area (Å²) >= 11 is 0. The lowest BCUT2D eigenvalue weighted by molar-refractivity contribution is 0.0840. The van der Waals surface area contributed by atoms with Crippen molar-refractivity contribution in [3.05, 3.63) is 24.3 Å². The van der Waals surface area contributed by atoms with Crippen LogP contribution in [0.15, 0.2) is 24.3 Å². The summed E-state index contributed by atoms with van der Waals surface area (Å²) in [6.45, 7) is 4.94. The summed E-state index contributed by atoms with van der Waals surface area (Å²) in [6.07, 6.45) is 18.2. The third-order valence-electron chi connectivity index (χ3n) is 4.31. The van der Waals surface area contributed by atoms with E-state index >= 15 is 0 Å². The molecule has 2 aliphatic carbocycles. The van der Waals surface area contributed by atoms with Gasteiger partial charge in [-0.3, -0.25) is 0 Å². The third kappa shape index (κ3) is 4.77. The van der Waals surface area contributed by atoms with Crippen LogP contribution >= 0.6 is 0 Å². The van der Waals surface area contributed by atoms with Crippen molar-refractivity contribution in [3.8, 4) is 0 Å². The lowest BCUT2D eigenvalue weighted by Gasteiger charge is -2.30. The SMILES string of the molecule is CCCCOCC1(CNC2CCCCC2)C=CC=C1. The molecular weight excluding hydrogens is 234 g/mol. The van der Waals surface area contributed by atoms with Gasteiger partial charge in [0.25, 0.3) is 0 Å². The number of allylic oxidation sites excluding steroid dienone is 2. The van der Waals surface area contributed by atoms with Gasteiger partial charge in [0.2, 0.25) is 0 Å². The van der Waals surface area contributed by atoms with Gasteiger partial charge in [0, 0.05) is 24.6 Å². The summed E-state index contributed by atoms with van der Waals surface area (Å²) in [5.74, 6) is 0. The molecule has 0 aromatic heterocycles. The Morgan fingerprint density at radius 3 is 2.58 bits per heavy atom. The molecule has 0 radical (unpaired) electrons. The first-order valence-corrected chi connectivity index (χ1v) is 8.03. The minimum absolute atomic E-state index is 0.102.